The van der Waals surface area contributed by atoms with E-state index in [1.807, 2.05) is 6.07 Å². The summed E-state index contributed by atoms with van der Waals surface area (Å²) in [6, 6.07) is 5.29. The lowest BCUT2D eigenvalue weighted by atomic mass is 9.98. The fraction of sp³-hybridized carbons (Fsp3) is 0.400. The van der Waals surface area contributed by atoms with E-state index in [1.54, 1.807) is 12.1 Å². The highest BCUT2D eigenvalue weighted by atomic mass is 127. The molecule has 0 spiro atoms. The molecule has 1 aliphatic rings. The van der Waals surface area contributed by atoms with Gasteiger partial charge in [-0.1, -0.05) is 6.07 Å². The average Bonchev–Trinajstić information content (AvgIpc) is 2.57. The van der Waals surface area contributed by atoms with Crippen molar-refractivity contribution in [1.29, 1.82) is 0 Å². The van der Waals surface area contributed by atoms with Crippen LogP contribution in [0.15, 0.2) is 18.2 Å². The van der Waals surface area contributed by atoms with Gasteiger partial charge in [0.1, 0.15) is 5.82 Å². The first-order valence-electron chi connectivity index (χ1n) is 4.43. The largest absolute Gasteiger partial charge is 0.316 e. The number of hydrogen-bond acceptors (Lipinski definition) is 1. The number of rotatable bonds is 1. The van der Waals surface area contributed by atoms with Gasteiger partial charge in [0.05, 0.1) is 0 Å². The van der Waals surface area contributed by atoms with Gasteiger partial charge in [-0.25, -0.2) is 4.39 Å². The van der Waals surface area contributed by atoms with Crippen molar-refractivity contribution in [3.05, 3.63) is 33.1 Å². The van der Waals surface area contributed by atoms with E-state index < -0.39 is 0 Å². The fourth-order valence-electron chi connectivity index (χ4n) is 1.80. The first-order chi connectivity index (χ1) is 6.29. The number of hydrogen-bond donors (Lipinski definition) is 1. The summed E-state index contributed by atoms with van der Waals surface area (Å²) >= 11 is 2.21. The Balaban J connectivity index is 2.37. The number of halogens is 2. The predicted molar refractivity (Wildman–Crippen MR) is 59.3 cm³/mol. The molecule has 1 fully saturated rings. The second kappa shape index (κ2) is 3.92. The van der Waals surface area contributed by atoms with Gasteiger partial charge in [-0.05, 0) is 47.7 Å². The van der Waals surface area contributed by atoms with Crippen molar-refractivity contribution in [2.24, 2.45) is 0 Å². The molecule has 1 saturated heterocycles. The van der Waals surface area contributed by atoms with Crippen LogP contribution in [0.3, 0.4) is 0 Å². The van der Waals surface area contributed by atoms with Crippen LogP contribution in [-0.4, -0.2) is 13.1 Å². The molecule has 70 valence electrons. The van der Waals surface area contributed by atoms with Gasteiger partial charge in [0, 0.05) is 21.6 Å². The van der Waals surface area contributed by atoms with Gasteiger partial charge in [0.2, 0.25) is 0 Å². The van der Waals surface area contributed by atoms with Crippen molar-refractivity contribution in [3.63, 3.8) is 0 Å². The third-order valence-corrected chi connectivity index (χ3v) is 3.41. The molecule has 1 heterocycles. The highest BCUT2D eigenvalue weighted by Crippen LogP contribution is 2.28. The summed E-state index contributed by atoms with van der Waals surface area (Å²) in [4.78, 5) is 0. The first-order valence-corrected chi connectivity index (χ1v) is 5.51. The lowest BCUT2D eigenvalue weighted by molar-refractivity contribution is 0.586. The van der Waals surface area contributed by atoms with Crippen LogP contribution < -0.4 is 5.32 Å². The summed E-state index contributed by atoms with van der Waals surface area (Å²) in [6.07, 6.45) is 1.05. The van der Waals surface area contributed by atoms with E-state index in [0.29, 0.717) is 5.92 Å². The molecule has 3 heteroatoms. The van der Waals surface area contributed by atoms with E-state index in [-0.39, 0.29) is 5.82 Å². The van der Waals surface area contributed by atoms with Gasteiger partial charge in [0.25, 0.3) is 0 Å². The lowest BCUT2D eigenvalue weighted by Gasteiger charge is -2.11. The second-order valence-corrected chi connectivity index (χ2v) is 4.49. The van der Waals surface area contributed by atoms with Crippen LogP contribution in [0, 0.1) is 9.39 Å². The van der Waals surface area contributed by atoms with E-state index >= 15 is 0 Å². The highest BCUT2D eigenvalue weighted by Gasteiger charge is 2.21. The van der Waals surface area contributed by atoms with Gasteiger partial charge in [-0.3, -0.25) is 0 Å². The maximum Gasteiger partial charge on any atom is 0.127 e. The minimum Gasteiger partial charge on any atom is -0.316 e. The lowest BCUT2D eigenvalue weighted by Crippen LogP contribution is -2.10. The monoisotopic (exact) mass is 291 g/mol. The Morgan fingerprint density at radius 3 is 2.92 bits per heavy atom. The van der Waals surface area contributed by atoms with Crippen LogP contribution in [0.1, 0.15) is 17.9 Å². The van der Waals surface area contributed by atoms with Crippen LogP contribution >= 0.6 is 22.6 Å². The molecule has 1 atom stereocenters. The van der Waals surface area contributed by atoms with E-state index in [9.17, 15) is 4.39 Å². The zero-order chi connectivity index (χ0) is 9.26. The van der Waals surface area contributed by atoms with E-state index in [4.69, 9.17) is 0 Å². The van der Waals surface area contributed by atoms with Crippen molar-refractivity contribution < 1.29 is 4.39 Å². The molecule has 1 nitrogen and oxygen atoms in total. The number of benzene rings is 1. The molecule has 13 heavy (non-hydrogen) atoms. The van der Waals surface area contributed by atoms with Crippen LogP contribution in [0.25, 0.3) is 0 Å². The van der Waals surface area contributed by atoms with E-state index in [1.165, 1.54) is 0 Å². The quantitative estimate of drug-likeness (QED) is 0.784. The van der Waals surface area contributed by atoms with E-state index in [2.05, 4.69) is 27.9 Å². The topological polar surface area (TPSA) is 12.0 Å². The summed E-state index contributed by atoms with van der Waals surface area (Å²) in [5.74, 6) is 0.314. The predicted octanol–water partition coefficient (Wildman–Crippen LogP) is 2.51. The van der Waals surface area contributed by atoms with Crippen molar-refractivity contribution >= 4 is 22.6 Å². The molecule has 2 rings (SSSR count). The van der Waals surface area contributed by atoms with Gasteiger partial charge in [-0.2, -0.15) is 0 Å². The van der Waals surface area contributed by atoms with Crippen molar-refractivity contribution in [3.8, 4) is 0 Å². The SMILES string of the molecule is Fc1cccc(I)c1[C@H]1CCNC1. The van der Waals surface area contributed by atoms with Gasteiger partial charge >= 0.3 is 0 Å². The Labute approximate surface area is 90.9 Å². The molecule has 0 bridgehead atoms. The van der Waals surface area contributed by atoms with Crippen LogP contribution in [0.2, 0.25) is 0 Å². The molecule has 0 saturated carbocycles. The van der Waals surface area contributed by atoms with Crippen molar-refractivity contribution in [2.45, 2.75) is 12.3 Å². The summed E-state index contributed by atoms with van der Waals surface area (Å²) < 4.78 is 14.5. The summed E-state index contributed by atoms with van der Waals surface area (Å²) in [6.45, 7) is 1.92. The fourth-order valence-corrected chi connectivity index (χ4v) is 2.71. The Morgan fingerprint density at radius 2 is 2.31 bits per heavy atom. The Bertz CT molecular complexity index is 288. The minimum absolute atomic E-state index is 0.0550. The van der Waals surface area contributed by atoms with Gasteiger partial charge < -0.3 is 5.32 Å². The molecule has 1 aromatic rings. The normalized spacial score (nSPS) is 22.2. The Hall–Kier alpha value is -0.160. The molecule has 0 aliphatic carbocycles. The minimum atomic E-state index is -0.0550. The number of nitrogens with one attached hydrogen (secondary N) is 1. The third kappa shape index (κ3) is 1.86. The average molecular weight is 291 g/mol. The molecule has 0 radical (unpaired) electrons. The highest BCUT2D eigenvalue weighted by molar-refractivity contribution is 14.1. The van der Waals surface area contributed by atoms with Gasteiger partial charge in [-0.15, -0.1) is 0 Å². The maximum absolute atomic E-state index is 13.5. The van der Waals surface area contributed by atoms with Crippen LogP contribution in [-0.2, 0) is 0 Å². The molecular weight excluding hydrogens is 280 g/mol. The third-order valence-electron chi connectivity index (χ3n) is 2.47. The molecule has 1 N–H and O–H groups in total. The molecular formula is C10H11FIN. The van der Waals surface area contributed by atoms with Crippen molar-refractivity contribution in [2.75, 3.05) is 13.1 Å². The Morgan fingerprint density at radius 1 is 1.46 bits per heavy atom. The van der Waals surface area contributed by atoms with Gasteiger partial charge in [0.15, 0.2) is 0 Å². The van der Waals surface area contributed by atoms with Crippen LogP contribution in [0.5, 0.6) is 0 Å². The smallest absolute Gasteiger partial charge is 0.127 e. The van der Waals surface area contributed by atoms with E-state index in [0.717, 1.165) is 28.6 Å². The maximum atomic E-state index is 13.5. The molecule has 0 unspecified atom stereocenters. The second-order valence-electron chi connectivity index (χ2n) is 3.33. The summed E-state index contributed by atoms with van der Waals surface area (Å²) in [5, 5.41) is 3.26. The first kappa shape index (κ1) is 9.40. The summed E-state index contributed by atoms with van der Waals surface area (Å²) in [7, 11) is 0. The molecule has 1 aliphatic heterocycles. The molecule has 0 aromatic heterocycles. The van der Waals surface area contributed by atoms with Crippen LogP contribution in [0.4, 0.5) is 4.39 Å². The molecule has 0 amide bonds. The van der Waals surface area contributed by atoms with Crippen molar-refractivity contribution in [1.82, 2.24) is 5.32 Å². The molecule has 1 aromatic carbocycles. The standard InChI is InChI=1S/C10H11FIN/c11-8-2-1-3-9(12)10(8)7-4-5-13-6-7/h1-3,7,13H,4-6H2/t7-/m0/s1. The zero-order valence-corrected chi connectivity index (χ0v) is 9.34. The zero-order valence-electron chi connectivity index (χ0n) is 7.19. The Kier molecular flexibility index (Phi) is 2.83. The summed E-state index contributed by atoms with van der Waals surface area (Å²) in [5.41, 5.74) is 0.896.